The first-order valence-corrected chi connectivity index (χ1v) is 4.17. The van der Waals surface area contributed by atoms with Crippen LogP contribution in [0.3, 0.4) is 0 Å². The van der Waals surface area contributed by atoms with Crippen LogP contribution in [0.15, 0.2) is 0 Å². The highest BCUT2D eigenvalue weighted by Gasteiger charge is 2.24. The summed E-state index contributed by atoms with van der Waals surface area (Å²) in [5.74, 6) is 0.159. The fourth-order valence-electron chi connectivity index (χ4n) is 1.57. The molecule has 1 fully saturated rings. The van der Waals surface area contributed by atoms with E-state index in [0.717, 1.165) is 13.0 Å². The number of hydrogen-bond donors (Lipinski definition) is 1. The predicted octanol–water partition coefficient (Wildman–Crippen LogP) is 0.463. The van der Waals surface area contributed by atoms with E-state index < -0.39 is 0 Å². The molecule has 0 radical (unpaired) electrons. The number of hydrogen-bond acceptors (Lipinski definition) is 2. The first kappa shape index (κ1) is 8.53. The molecule has 0 aromatic carbocycles. The Morgan fingerprint density at radius 2 is 2.36 bits per heavy atom. The third-order valence-corrected chi connectivity index (χ3v) is 2.32. The molecular formula is C8H18N2O. The molecule has 1 aliphatic rings. The van der Waals surface area contributed by atoms with Crippen LogP contribution in [0.5, 0.6) is 0 Å². The molecule has 0 aromatic heterocycles. The van der Waals surface area contributed by atoms with E-state index in [1.165, 1.54) is 12.8 Å². The van der Waals surface area contributed by atoms with Crippen molar-refractivity contribution in [1.29, 1.82) is 0 Å². The Morgan fingerprint density at radius 3 is 2.91 bits per heavy atom. The minimum atomic E-state index is 0. The average Bonchev–Trinajstić information content (AvgIpc) is 2.04. The average molecular weight is 158 g/mol. The van der Waals surface area contributed by atoms with Gasteiger partial charge in [0.15, 0.2) is 0 Å². The number of likely N-dealkylation sites (N-methyl/N-ethyl adjacent to an activating group) is 2. The zero-order valence-electron chi connectivity index (χ0n) is 7.26. The van der Waals surface area contributed by atoms with E-state index in [1.807, 2.05) is 7.05 Å². The lowest BCUT2D eigenvalue weighted by atomic mass is 10.0. The number of amides is 1. The lowest BCUT2D eigenvalue weighted by Gasteiger charge is -2.30. The van der Waals surface area contributed by atoms with Gasteiger partial charge < -0.3 is 5.32 Å². The number of carbonyl (C=O) groups is 1. The van der Waals surface area contributed by atoms with Crippen LogP contribution in [0.1, 0.15) is 20.7 Å². The van der Waals surface area contributed by atoms with Crippen LogP contribution >= 0.6 is 0 Å². The molecule has 66 valence electrons. The van der Waals surface area contributed by atoms with Crippen LogP contribution in [-0.2, 0) is 4.79 Å². The molecule has 0 spiro atoms. The number of piperidine rings is 1. The Kier molecular flexibility index (Phi) is 2.88. The molecule has 11 heavy (non-hydrogen) atoms. The second-order valence-electron chi connectivity index (χ2n) is 3.11. The summed E-state index contributed by atoms with van der Waals surface area (Å²) in [6, 6.07) is 0.119. The smallest absolute Gasteiger partial charge is 0.237 e. The van der Waals surface area contributed by atoms with E-state index in [4.69, 9.17) is 0 Å². The van der Waals surface area contributed by atoms with Gasteiger partial charge >= 0.3 is 0 Å². The molecular weight excluding hydrogens is 140 g/mol. The maximum Gasteiger partial charge on any atom is 0.237 e. The summed E-state index contributed by atoms with van der Waals surface area (Å²) in [4.78, 5) is 13.4. The Balaban J connectivity index is 0.00000121. The number of nitrogens with one attached hydrogen (secondary N) is 1. The van der Waals surface area contributed by atoms with Crippen molar-refractivity contribution in [3.05, 3.63) is 0 Å². The minimum absolute atomic E-state index is 0. The zero-order valence-corrected chi connectivity index (χ0v) is 7.26. The molecule has 1 saturated heterocycles. The number of carbonyl (C=O) groups excluding carboxylic acids is 1. The van der Waals surface area contributed by atoms with Crippen LogP contribution in [0, 0.1) is 0 Å². The van der Waals surface area contributed by atoms with Crippen molar-refractivity contribution >= 4 is 5.91 Å². The van der Waals surface area contributed by atoms with Gasteiger partial charge in [-0.1, -0.05) is 6.42 Å². The van der Waals surface area contributed by atoms with Crippen molar-refractivity contribution in [3.63, 3.8) is 0 Å². The van der Waals surface area contributed by atoms with E-state index in [-0.39, 0.29) is 13.4 Å². The van der Waals surface area contributed by atoms with Gasteiger partial charge in [-0.15, -0.1) is 0 Å². The molecule has 1 atom stereocenters. The van der Waals surface area contributed by atoms with Crippen LogP contribution in [0.2, 0.25) is 0 Å². The molecule has 0 aliphatic carbocycles. The highest BCUT2D eigenvalue weighted by atomic mass is 16.2. The summed E-state index contributed by atoms with van der Waals surface area (Å²) in [7, 11) is 3.71. The van der Waals surface area contributed by atoms with Gasteiger partial charge in [0.1, 0.15) is 0 Å². The summed E-state index contributed by atoms with van der Waals surface area (Å²) in [6.07, 6.45) is 3.42. The van der Waals surface area contributed by atoms with E-state index in [0.29, 0.717) is 0 Å². The quantitative estimate of drug-likeness (QED) is 0.601. The molecule has 1 amide bonds. The monoisotopic (exact) mass is 158 g/mol. The predicted molar refractivity (Wildman–Crippen MR) is 46.4 cm³/mol. The standard InChI is InChI=1S/C8H16N2O.H2/c1-9-8(11)7-5-3-4-6-10(7)2;/h7H,3-6H2,1-2H3,(H,9,11);1H. The van der Waals surface area contributed by atoms with Gasteiger partial charge in [-0.3, -0.25) is 9.69 Å². The van der Waals surface area contributed by atoms with E-state index in [2.05, 4.69) is 10.2 Å². The van der Waals surface area contributed by atoms with Crippen molar-refractivity contribution in [1.82, 2.24) is 10.2 Å². The Hall–Kier alpha value is -0.570. The molecule has 1 rings (SSSR count). The van der Waals surface area contributed by atoms with Gasteiger partial charge in [-0.25, -0.2) is 0 Å². The summed E-state index contributed by atoms with van der Waals surface area (Å²) in [5, 5.41) is 2.68. The second-order valence-corrected chi connectivity index (χ2v) is 3.11. The summed E-state index contributed by atoms with van der Waals surface area (Å²) >= 11 is 0. The Labute approximate surface area is 69.2 Å². The van der Waals surface area contributed by atoms with Crippen molar-refractivity contribution in [2.45, 2.75) is 25.3 Å². The molecule has 0 aromatic rings. The van der Waals surface area contributed by atoms with Gasteiger partial charge in [-0.05, 0) is 26.4 Å². The summed E-state index contributed by atoms with van der Waals surface area (Å²) in [6.45, 7) is 1.05. The Bertz CT molecular complexity index is 152. The highest BCUT2D eigenvalue weighted by molar-refractivity contribution is 5.81. The van der Waals surface area contributed by atoms with Crippen molar-refractivity contribution in [3.8, 4) is 0 Å². The third-order valence-electron chi connectivity index (χ3n) is 2.32. The summed E-state index contributed by atoms with van der Waals surface area (Å²) in [5.41, 5.74) is 0. The molecule has 1 unspecified atom stereocenters. The van der Waals surface area contributed by atoms with E-state index in [9.17, 15) is 4.79 Å². The fourth-order valence-corrected chi connectivity index (χ4v) is 1.57. The molecule has 1 aliphatic heterocycles. The largest absolute Gasteiger partial charge is 0.358 e. The van der Waals surface area contributed by atoms with Gasteiger partial charge in [-0.2, -0.15) is 0 Å². The summed E-state index contributed by atoms with van der Waals surface area (Å²) < 4.78 is 0. The van der Waals surface area contributed by atoms with E-state index >= 15 is 0 Å². The van der Waals surface area contributed by atoms with Crippen molar-refractivity contribution < 1.29 is 6.22 Å². The first-order chi connectivity index (χ1) is 5.25. The lowest BCUT2D eigenvalue weighted by Crippen LogP contribution is -2.46. The van der Waals surface area contributed by atoms with Crippen molar-refractivity contribution in [2.75, 3.05) is 20.6 Å². The molecule has 3 nitrogen and oxygen atoms in total. The maximum absolute atomic E-state index is 11.2. The van der Waals surface area contributed by atoms with Gasteiger partial charge in [0.2, 0.25) is 5.91 Å². The minimum Gasteiger partial charge on any atom is -0.358 e. The van der Waals surface area contributed by atoms with Gasteiger partial charge in [0, 0.05) is 8.47 Å². The molecule has 1 heterocycles. The molecule has 0 saturated carbocycles. The van der Waals surface area contributed by atoms with Gasteiger partial charge in [0.05, 0.1) is 6.04 Å². The maximum atomic E-state index is 11.2. The molecule has 3 heteroatoms. The van der Waals surface area contributed by atoms with Gasteiger partial charge in [0.25, 0.3) is 0 Å². The van der Waals surface area contributed by atoms with E-state index in [1.54, 1.807) is 7.05 Å². The third kappa shape index (κ3) is 1.93. The van der Waals surface area contributed by atoms with Crippen LogP contribution < -0.4 is 5.32 Å². The zero-order chi connectivity index (χ0) is 8.27. The highest BCUT2D eigenvalue weighted by Crippen LogP contribution is 2.14. The number of nitrogens with zero attached hydrogens (tertiary/aromatic N) is 1. The molecule has 0 bridgehead atoms. The van der Waals surface area contributed by atoms with Crippen LogP contribution in [-0.4, -0.2) is 37.5 Å². The Morgan fingerprint density at radius 1 is 1.64 bits per heavy atom. The van der Waals surface area contributed by atoms with Crippen LogP contribution in [0.25, 0.3) is 0 Å². The molecule has 1 N–H and O–H groups in total. The normalized spacial score (nSPS) is 26.5. The SMILES string of the molecule is CNC(=O)C1CCCCN1C.[HH]. The lowest BCUT2D eigenvalue weighted by molar-refractivity contribution is -0.126. The van der Waals surface area contributed by atoms with Crippen molar-refractivity contribution in [2.24, 2.45) is 0 Å². The van der Waals surface area contributed by atoms with Crippen LogP contribution in [0.4, 0.5) is 0 Å². The fraction of sp³-hybridized carbons (Fsp3) is 0.875. The number of rotatable bonds is 1. The topological polar surface area (TPSA) is 32.3 Å². The second kappa shape index (κ2) is 3.72. The first-order valence-electron chi connectivity index (χ1n) is 4.17. The number of likely N-dealkylation sites (tertiary alicyclic amines) is 1.